The third kappa shape index (κ3) is 4.11. The topological polar surface area (TPSA) is 50.8 Å². The van der Waals surface area contributed by atoms with Gasteiger partial charge < -0.3 is 14.8 Å². The lowest BCUT2D eigenvalue weighted by molar-refractivity contribution is 0.0346. The fourth-order valence-corrected chi connectivity index (χ4v) is 6.10. The van der Waals surface area contributed by atoms with Crippen LogP contribution >= 0.6 is 0 Å². The fourth-order valence-electron chi connectivity index (χ4n) is 6.10. The van der Waals surface area contributed by atoms with Crippen LogP contribution in [0.25, 0.3) is 0 Å². The van der Waals surface area contributed by atoms with Gasteiger partial charge in [-0.2, -0.15) is 0 Å². The standard InChI is InChI=1S/C24H36N2O3/c1-4-16-13-20(22(29-3)14-21(16)28-2)24(27)25-19-11-12-26(15-19)23-17-7-5-8-18(23)10-6-9-17/h13-14,17-19,23H,4-12,15H2,1-3H3,(H,25,27). The van der Waals surface area contributed by atoms with Crippen LogP contribution in [0, 0.1) is 11.8 Å². The summed E-state index contributed by atoms with van der Waals surface area (Å²) in [5.41, 5.74) is 1.64. The number of nitrogens with zero attached hydrogens (tertiary/aromatic N) is 1. The molecule has 1 unspecified atom stereocenters. The molecule has 0 spiro atoms. The van der Waals surface area contributed by atoms with E-state index in [0.29, 0.717) is 11.3 Å². The van der Waals surface area contributed by atoms with E-state index in [1.54, 1.807) is 14.2 Å². The largest absolute Gasteiger partial charge is 0.496 e. The lowest BCUT2D eigenvalue weighted by Gasteiger charge is -2.47. The van der Waals surface area contributed by atoms with Crippen LogP contribution in [0.15, 0.2) is 12.1 Å². The fraction of sp³-hybridized carbons (Fsp3) is 0.708. The van der Waals surface area contributed by atoms with Crippen LogP contribution in [-0.4, -0.2) is 50.2 Å². The molecule has 4 rings (SSSR count). The lowest BCUT2D eigenvalue weighted by atomic mass is 9.68. The van der Waals surface area contributed by atoms with Crippen molar-refractivity contribution in [3.05, 3.63) is 23.3 Å². The Labute approximate surface area is 175 Å². The number of nitrogens with one attached hydrogen (secondary N) is 1. The predicted molar refractivity (Wildman–Crippen MR) is 115 cm³/mol. The van der Waals surface area contributed by atoms with Crippen LogP contribution in [0.5, 0.6) is 11.5 Å². The molecule has 2 aliphatic carbocycles. The molecule has 1 aliphatic heterocycles. The molecule has 1 atom stereocenters. The van der Waals surface area contributed by atoms with Crippen LogP contribution in [0.3, 0.4) is 0 Å². The molecule has 3 fully saturated rings. The smallest absolute Gasteiger partial charge is 0.255 e. The molecular weight excluding hydrogens is 364 g/mol. The molecule has 2 saturated carbocycles. The first-order chi connectivity index (χ1) is 14.1. The van der Waals surface area contributed by atoms with Crippen molar-refractivity contribution in [1.82, 2.24) is 10.2 Å². The van der Waals surface area contributed by atoms with Gasteiger partial charge in [0.05, 0.1) is 19.8 Å². The number of methoxy groups -OCH3 is 2. The van der Waals surface area contributed by atoms with Gasteiger partial charge in [0.2, 0.25) is 0 Å². The third-order valence-corrected chi connectivity index (χ3v) is 7.47. The van der Waals surface area contributed by atoms with Crippen molar-refractivity contribution in [2.45, 2.75) is 70.4 Å². The minimum atomic E-state index is -0.0325. The highest BCUT2D eigenvalue weighted by atomic mass is 16.5. The number of fused-ring (bicyclic) bond motifs is 2. The third-order valence-electron chi connectivity index (χ3n) is 7.47. The lowest BCUT2D eigenvalue weighted by Crippen LogP contribution is -2.50. The molecule has 1 amide bonds. The van der Waals surface area contributed by atoms with Gasteiger partial charge in [-0.15, -0.1) is 0 Å². The maximum atomic E-state index is 13.1. The molecule has 1 N–H and O–H groups in total. The summed E-state index contributed by atoms with van der Waals surface area (Å²) in [6, 6.07) is 4.73. The molecular formula is C24H36N2O3. The molecule has 1 saturated heterocycles. The second-order valence-electron chi connectivity index (χ2n) is 9.04. The van der Waals surface area contributed by atoms with Gasteiger partial charge in [0.1, 0.15) is 11.5 Å². The molecule has 0 radical (unpaired) electrons. The summed E-state index contributed by atoms with van der Waals surface area (Å²) < 4.78 is 10.9. The van der Waals surface area contributed by atoms with Crippen LogP contribution in [0.2, 0.25) is 0 Å². The Morgan fingerprint density at radius 3 is 2.28 bits per heavy atom. The highest BCUT2D eigenvalue weighted by Crippen LogP contribution is 2.43. The Kier molecular flexibility index (Phi) is 6.33. The Balaban J connectivity index is 1.43. The predicted octanol–water partition coefficient (Wildman–Crippen LogP) is 4.04. The number of carbonyl (C=O) groups excluding carboxylic acids is 1. The highest BCUT2D eigenvalue weighted by Gasteiger charge is 2.42. The molecule has 5 heteroatoms. The van der Waals surface area contributed by atoms with E-state index in [1.165, 1.54) is 38.5 Å². The minimum absolute atomic E-state index is 0.0325. The van der Waals surface area contributed by atoms with E-state index in [4.69, 9.17) is 9.47 Å². The molecule has 2 bridgehead atoms. The molecule has 29 heavy (non-hydrogen) atoms. The number of benzene rings is 1. The average molecular weight is 401 g/mol. The van der Waals surface area contributed by atoms with Crippen molar-refractivity contribution in [2.24, 2.45) is 11.8 Å². The van der Waals surface area contributed by atoms with Crippen molar-refractivity contribution in [3.8, 4) is 11.5 Å². The highest BCUT2D eigenvalue weighted by molar-refractivity contribution is 5.97. The van der Waals surface area contributed by atoms with Crippen LogP contribution in [-0.2, 0) is 6.42 Å². The number of likely N-dealkylation sites (tertiary alicyclic amines) is 1. The van der Waals surface area contributed by atoms with Crippen molar-refractivity contribution in [3.63, 3.8) is 0 Å². The van der Waals surface area contributed by atoms with Gasteiger partial charge in [0.25, 0.3) is 5.91 Å². The van der Waals surface area contributed by atoms with Gasteiger partial charge in [0.15, 0.2) is 0 Å². The number of hydrogen-bond acceptors (Lipinski definition) is 4. The second-order valence-corrected chi connectivity index (χ2v) is 9.04. The Hall–Kier alpha value is -1.75. The number of hydrogen-bond donors (Lipinski definition) is 1. The van der Waals surface area contributed by atoms with E-state index in [2.05, 4.69) is 17.1 Å². The summed E-state index contributed by atoms with van der Waals surface area (Å²) in [5.74, 6) is 3.08. The van der Waals surface area contributed by atoms with Gasteiger partial charge in [-0.25, -0.2) is 0 Å². The van der Waals surface area contributed by atoms with Gasteiger partial charge in [0, 0.05) is 31.2 Å². The van der Waals surface area contributed by atoms with E-state index in [-0.39, 0.29) is 11.9 Å². The van der Waals surface area contributed by atoms with E-state index in [9.17, 15) is 4.79 Å². The Bertz CT molecular complexity index is 713. The van der Waals surface area contributed by atoms with Crippen LogP contribution < -0.4 is 14.8 Å². The summed E-state index contributed by atoms with van der Waals surface area (Å²) in [7, 11) is 3.26. The first-order valence-electron chi connectivity index (χ1n) is 11.4. The van der Waals surface area contributed by atoms with E-state index in [1.807, 2.05) is 12.1 Å². The number of ether oxygens (including phenoxy) is 2. The van der Waals surface area contributed by atoms with Crippen LogP contribution in [0.4, 0.5) is 0 Å². The van der Waals surface area contributed by atoms with Gasteiger partial charge in [-0.3, -0.25) is 9.69 Å². The van der Waals surface area contributed by atoms with Gasteiger partial charge in [-0.05, 0) is 62.0 Å². The number of aryl methyl sites for hydroxylation is 1. The maximum absolute atomic E-state index is 13.1. The molecule has 0 aromatic heterocycles. The van der Waals surface area contributed by atoms with Crippen LogP contribution in [0.1, 0.15) is 67.8 Å². The van der Waals surface area contributed by atoms with Gasteiger partial charge in [-0.1, -0.05) is 19.8 Å². The van der Waals surface area contributed by atoms with Crippen molar-refractivity contribution < 1.29 is 14.3 Å². The minimum Gasteiger partial charge on any atom is -0.496 e. The van der Waals surface area contributed by atoms with Gasteiger partial charge >= 0.3 is 0 Å². The normalized spacial score (nSPS) is 29.5. The first kappa shape index (κ1) is 20.5. The number of amides is 1. The number of rotatable bonds is 6. The van der Waals surface area contributed by atoms with E-state index >= 15 is 0 Å². The SMILES string of the molecule is CCc1cc(C(=O)NC2CCN(C3C4CCCC3CCC4)C2)c(OC)cc1OC. The molecule has 5 nitrogen and oxygen atoms in total. The zero-order chi connectivity index (χ0) is 20.4. The zero-order valence-electron chi connectivity index (χ0n) is 18.2. The summed E-state index contributed by atoms with van der Waals surface area (Å²) in [4.78, 5) is 15.8. The van der Waals surface area contributed by atoms with Crippen molar-refractivity contribution in [2.75, 3.05) is 27.3 Å². The van der Waals surface area contributed by atoms with Crippen molar-refractivity contribution in [1.29, 1.82) is 0 Å². The zero-order valence-corrected chi connectivity index (χ0v) is 18.2. The monoisotopic (exact) mass is 400 g/mol. The first-order valence-corrected chi connectivity index (χ1v) is 11.4. The second kappa shape index (κ2) is 8.95. The summed E-state index contributed by atoms with van der Waals surface area (Å²) in [5, 5.41) is 3.29. The molecule has 1 aromatic rings. The summed E-state index contributed by atoms with van der Waals surface area (Å²) in [6.07, 6.45) is 10.3. The summed E-state index contributed by atoms with van der Waals surface area (Å²) >= 11 is 0. The molecule has 1 aromatic carbocycles. The maximum Gasteiger partial charge on any atom is 0.255 e. The molecule has 160 valence electrons. The average Bonchev–Trinajstić information content (AvgIpc) is 3.20. The molecule has 3 aliphatic rings. The number of carbonyl (C=O) groups is 1. The molecule has 1 heterocycles. The Morgan fingerprint density at radius 1 is 1.03 bits per heavy atom. The summed E-state index contributed by atoms with van der Waals surface area (Å²) in [6.45, 7) is 4.17. The van der Waals surface area contributed by atoms with E-state index < -0.39 is 0 Å². The Morgan fingerprint density at radius 2 is 1.69 bits per heavy atom. The van der Waals surface area contributed by atoms with E-state index in [0.717, 1.165) is 55.1 Å². The quantitative estimate of drug-likeness (QED) is 0.783. The van der Waals surface area contributed by atoms with Crippen molar-refractivity contribution >= 4 is 5.91 Å².